The number of rotatable bonds is 4. The maximum atomic E-state index is 11.0. The Bertz CT molecular complexity index is 1070. The minimum absolute atomic E-state index is 0.0853. The minimum atomic E-state index is -0.722. The van der Waals surface area contributed by atoms with E-state index in [4.69, 9.17) is 23.8 Å². The molecule has 0 aliphatic rings. The van der Waals surface area contributed by atoms with Crippen LogP contribution in [0.15, 0.2) is 41.5 Å². The van der Waals surface area contributed by atoms with E-state index < -0.39 is 16.4 Å². The van der Waals surface area contributed by atoms with Crippen LogP contribution in [-0.4, -0.2) is 31.1 Å². The van der Waals surface area contributed by atoms with Gasteiger partial charge in [-0.25, -0.2) is 5.10 Å². The van der Waals surface area contributed by atoms with Gasteiger partial charge < -0.3 is 5.11 Å². The molecule has 0 spiro atoms. The van der Waals surface area contributed by atoms with Crippen LogP contribution in [0, 0.1) is 21.8 Å². The third-order valence-corrected chi connectivity index (χ3v) is 4.04. The first-order chi connectivity index (χ1) is 12.4. The summed E-state index contributed by atoms with van der Waals surface area (Å²) in [6.07, 6.45) is 1.23. The van der Waals surface area contributed by atoms with Crippen LogP contribution in [0.3, 0.4) is 0 Å². The first-order valence-corrected chi connectivity index (χ1v) is 8.11. The summed E-state index contributed by atoms with van der Waals surface area (Å²) in [5.41, 5.74) is 1.45. The first-order valence-electron chi connectivity index (χ1n) is 7.32. The van der Waals surface area contributed by atoms with E-state index in [1.165, 1.54) is 17.0 Å². The Kier molecular flexibility index (Phi) is 4.83. The van der Waals surface area contributed by atoms with E-state index in [9.17, 15) is 15.2 Å². The van der Waals surface area contributed by atoms with E-state index >= 15 is 0 Å². The normalized spacial score (nSPS) is 11.2. The third-order valence-electron chi connectivity index (χ3n) is 3.55. The number of hydrogen-bond acceptors (Lipinski definition) is 6. The molecule has 0 fully saturated rings. The fraction of sp³-hybridized carbons (Fsp3) is 0.0625. The summed E-state index contributed by atoms with van der Waals surface area (Å²) in [4.78, 5) is 10.3. The number of aryl methyl sites for hydroxylation is 1. The molecule has 10 heteroatoms. The van der Waals surface area contributed by atoms with Crippen molar-refractivity contribution >= 4 is 35.7 Å². The molecule has 2 N–H and O–H groups in total. The lowest BCUT2D eigenvalue weighted by Crippen LogP contribution is -1.97. The van der Waals surface area contributed by atoms with Gasteiger partial charge in [0.15, 0.2) is 5.82 Å². The van der Waals surface area contributed by atoms with Crippen LogP contribution in [-0.2, 0) is 0 Å². The van der Waals surface area contributed by atoms with Gasteiger partial charge in [0.1, 0.15) is 0 Å². The smallest absolute Gasteiger partial charge is 0.312 e. The second-order valence-electron chi connectivity index (χ2n) is 5.39. The predicted molar refractivity (Wildman–Crippen MR) is 100 cm³/mol. The molecule has 26 heavy (non-hydrogen) atoms. The molecule has 1 aromatic heterocycles. The number of nitrogens with one attached hydrogen (secondary N) is 1. The number of nitro groups is 1. The van der Waals surface area contributed by atoms with Crippen LogP contribution < -0.4 is 0 Å². The Hall–Kier alpha value is -3.04. The fourth-order valence-corrected chi connectivity index (χ4v) is 2.65. The van der Waals surface area contributed by atoms with Gasteiger partial charge >= 0.3 is 5.69 Å². The Balaban J connectivity index is 2.05. The molecule has 0 saturated carbocycles. The zero-order valence-corrected chi connectivity index (χ0v) is 15.0. The summed E-state index contributed by atoms with van der Waals surface area (Å²) in [5.74, 6) is -0.0719. The maximum Gasteiger partial charge on any atom is 0.312 e. The number of H-pyrrole nitrogens is 1. The maximum absolute atomic E-state index is 11.0. The molecular weight excluding hydrogens is 378 g/mol. The lowest BCUT2D eigenvalue weighted by atomic mass is 10.1. The summed E-state index contributed by atoms with van der Waals surface area (Å²) in [7, 11) is 0. The number of halogens is 1. The Morgan fingerprint density at radius 2 is 2.08 bits per heavy atom. The number of nitrogens with zero attached hydrogens (tertiary/aromatic N) is 4. The van der Waals surface area contributed by atoms with Crippen LogP contribution in [0.2, 0.25) is 5.02 Å². The topological polar surface area (TPSA) is 109 Å². The van der Waals surface area contributed by atoms with E-state index in [1.807, 2.05) is 31.2 Å². The van der Waals surface area contributed by atoms with Gasteiger partial charge in [-0.3, -0.25) is 10.1 Å². The lowest BCUT2D eigenvalue weighted by Gasteiger charge is -2.03. The number of aromatic amines is 1. The van der Waals surface area contributed by atoms with Gasteiger partial charge in [0.25, 0.3) is 0 Å². The highest BCUT2D eigenvalue weighted by Gasteiger charge is 2.18. The van der Waals surface area contributed by atoms with E-state index in [0.717, 1.165) is 17.2 Å². The standard InChI is InChI=1S/C16H12ClN5O3S/c1-9-2-4-10(5-3-9)15-19-20-16(26)21(15)18-8-11-6-12(17)7-13(14(11)23)22(24)25/h2-8,23H,1H3,(H,20,26)/b18-8+. The summed E-state index contributed by atoms with van der Waals surface area (Å²) in [5, 5.41) is 32.1. The molecule has 0 saturated heterocycles. The molecule has 0 amide bonds. The van der Waals surface area contributed by atoms with Crippen molar-refractivity contribution in [1.82, 2.24) is 14.9 Å². The summed E-state index contributed by atoms with van der Waals surface area (Å²) < 4.78 is 1.58. The van der Waals surface area contributed by atoms with Gasteiger partial charge in [-0.2, -0.15) is 14.9 Å². The predicted octanol–water partition coefficient (Wildman–Crippen LogP) is 4.07. The molecular formula is C16H12ClN5O3S. The summed E-state index contributed by atoms with van der Waals surface area (Å²) in [6, 6.07) is 10.0. The van der Waals surface area contributed by atoms with Crippen molar-refractivity contribution in [2.45, 2.75) is 6.92 Å². The molecule has 132 valence electrons. The largest absolute Gasteiger partial charge is 0.502 e. The summed E-state index contributed by atoms with van der Waals surface area (Å²) >= 11 is 11.1. The summed E-state index contributed by atoms with van der Waals surface area (Å²) in [6.45, 7) is 1.97. The lowest BCUT2D eigenvalue weighted by molar-refractivity contribution is -0.385. The molecule has 2 aromatic carbocycles. The number of phenolic OH excluding ortho intramolecular Hbond substituents is 1. The average molecular weight is 390 g/mol. The van der Waals surface area contributed by atoms with Gasteiger partial charge in [0.05, 0.1) is 11.1 Å². The van der Waals surface area contributed by atoms with Crippen molar-refractivity contribution in [3.05, 3.63) is 67.4 Å². The number of hydrogen-bond donors (Lipinski definition) is 2. The van der Waals surface area contributed by atoms with Crippen LogP contribution >= 0.6 is 23.8 Å². The molecule has 3 rings (SSSR count). The van der Waals surface area contributed by atoms with E-state index in [0.29, 0.717) is 5.82 Å². The quantitative estimate of drug-likeness (QED) is 0.302. The average Bonchev–Trinajstić information content (AvgIpc) is 2.96. The monoisotopic (exact) mass is 389 g/mol. The van der Waals surface area contributed by atoms with Crippen molar-refractivity contribution in [1.29, 1.82) is 0 Å². The van der Waals surface area contributed by atoms with Crippen molar-refractivity contribution in [2.24, 2.45) is 5.10 Å². The van der Waals surface area contributed by atoms with E-state index in [-0.39, 0.29) is 15.4 Å². The number of aromatic nitrogens is 3. The molecule has 0 bridgehead atoms. The van der Waals surface area contributed by atoms with Gasteiger partial charge in [0.2, 0.25) is 10.5 Å². The van der Waals surface area contributed by atoms with Crippen LogP contribution in [0.4, 0.5) is 5.69 Å². The Labute approximate surface area is 157 Å². The van der Waals surface area contributed by atoms with Crippen molar-refractivity contribution in [3.63, 3.8) is 0 Å². The zero-order valence-electron chi connectivity index (χ0n) is 13.4. The molecule has 0 unspecified atom stereocenters. The highest BCUT2D eigenvalue weighted by Crippen LogP contribution is 2.32. The van der Waals surface area contributed by atoms with E-state index in [1.54, 1.807) is 0 Å². The van der Waals surface area contributed by atoms with Gasteiger partial charge in [-0.1, -0.05) is 41.4 Å². The van der Waals surface area contributed by atoms with E-state index in [2.05, 4.69) is 15.3 Å². The Morgan fingerprint density at radius 3 is 2.73 bits per heavy atom. The van der Waals surface area contributed by atoms with Crippen LogP contribution in [0.1, 0.15) is 11.1 Å². The SMILES string of the molecule is Cc1ccc(-c2n[nH]c(=S)n2/N=C/c2cc(Cl)cc([N+](=O)[O-])c2O)cc1. The number of phenols is 1. The number of nitro benzene ring substituents is 1. The van der Waals surface area contributed by atoms with Crippen LogP contribution in [0.25, 0.3) is 11.4 Å². The number of benzene rings is 2. The first kappa shape index (κ1) is 17.8. The number of aromatic hydroxyl groups is 1. The fourth-order valence-electron chi connectivity index (χ4n) is 2.25. The molecule has 1 heterocycles. The highest BCUT2D eigenvalue weighted by atomic mass is 35.5. The van der Waals surface area contributed by atoms with Gasteiger partial charge in [0, 0.05) is 22.2 Å². The van der Waals surface area contributed by atoms with Crippen molar-refractivity contribution < 1.29 is 10.0 Å². The second kappa shape index (κ2) is 7.06. The molecule has 0 aliphatic heterocycles. The third kappa shape index (κ3) is 3.48. The van der Waals surface area contributed by atoms with Crippen molar-refractivity contribution in [2.75, 3.05) is 0 Å². The highest BCUT2D eigenvalue weighted by molar-refractivity contribution is 7.71. The molecule has 0 radical (unpaired) electrons. The Morgan fingerprint density at radius 1 is 1.38 bits per heavy atom. The second-order valence-corrected chi connectivity index (χ2v) is 6.22. The minimum Gasteiger partial charge on any atom is -0.502 e. The molecule has 0 atom stereocenters. The van der Waals surface area contributed by atoms with Crippen LogP contribution in [0.5, 0.6) is 5.75 Å². The molecule has 8 nitrogen and oxygen atoms in total. The van der Waals surface area contributed by atoms with Gasteiger partial charge in [-0.05, 0) is 25.2 Å². The van der Waals surface area contributed by atoms with Gasteiger partial charge in [-0.15, -0.1) is 0 Å². The molecule has 3 aromatic rings. The molecule has 0 aliphatic carbocycles. The van der Waals surface area contributed by atoms with Crippen molar-refractivity contribution in [3.8, 4) is 17.1 Å². The zero-order chi connectivity index (χ0) is 18.8.